The summed E-state index contributed by atoms with van der Waals surface area (Å²) in [5, 5.41) is 20.0. The summed E-state index contributed by atoms with van der Waals surface area (Å²) >= 11 is 5.96. The van der Waals surface area contributed by atoms with Crippen LogP contribution in [0.4, 0.5) is 17.3 Å². The van der Waals surface area contributed by atoms with E-state index in [1.165, 1.54) is 5.56 Å². The lowest BCUT2D eigenvalue weighted by Gasteiger charge is -2.03. The number of aromatic nitrogens is 2. The normalized spacial score (nSPS) is 10.7. The van der Waals surface area contributed by atoms with E-state index in [9.17, 15) is 5.26 Å². The number of rotatable bonds is 4. The van der Waals surface area contributed by atoms with Crippen molar-refractivity contribution in [2.45, 2.75) is 6.92 Å². The maximum Gasteiger partial charge on any atom is 0.193 e. The van der Waals surface area contributed by atoms with Crippen LogP contribution in [0, 0.1) is 18.3 Å². The second kappa shape index (κ2) is 6.99. The molecule has 118 valence electrons. The standard InChI is InChI=1S/C18H14ClN5/c1-12-5-7-13(8-6-12)11-21-17-16(10-20)18(24-23-17)22-15-4-2-3-14(19)9-15/h2-9,11H,1H3,(H2,22,23,24). The highest BCUT2D eigenvalue weighted by Crippen LogP contribution is 2.26. The fourth-order valence-corrected chi connectivity index (χ4v) is 2.31. The van der Waals surface area contributed by atoms with E-state index in [-0.39, 0.29) is 0 Å². The number of aromatic amines is 1. The maximum absolute atomic E-state index is 9.40. The smallest absolute Gasteiger partial charge is 0.193 e. The first kappa shape index (κ1) is 15.8. The van der Waals surface area contributed by atoms with Crippen LogP contribution in [0.2, 0.25) is 5.02 Å². The number of anilines is 2. The van der Waals surface area contributed by atoms with E-state index in [1.807, 2.05) is 43.3 Å². The van der Waals surface area contributed by atoms with E-state index < -0.39 is 0 Å². The summed E-state index contributed by atoms with van der Waals surface area (Å²) < 4.78 is 0. The van der Waals surface area contributed by atoms with Crippen molar-refractivity contribution >= 4 is 35.1 Å². The second-order valence-corrected chi connectivity index (χ2v) is 5.65. The number of nitrogens with zero attached hydrogens (tertiary/aromatic N) is 3. The van der Waals surface area contributed by atoms with Gasteiger partial charge in [-0.15, -0.1) is 0 Å². The van der Waals surface area contributed by atoms with Crippen molar-refractivity contribution in [3.8, 4) is 6.07 Å². The van der Waals surface area contributed by atoms with Gasteiger partial charge in [-0.2, -0.15) is 10.4 Å². The number of halogens is 1. The first-order chi connectivity index (χ1) is 11.7. The van der Waals surface area contributed by atoms with Crippen LogP contribution in [-0.4, -0.2) is 16.4 Å². The Labute approximate surface area is 144 Å². The van der Waals surface area contributed by atoms with Crippen LogP contribution in [0.3, 0.4) is 0 Å². The molecule has 1 aromatic heterocycles. The zero-order valence-corrected chi connectivity index (χ0v) is 13.7. The molecule has 1 heterocycles. The number of hydrogen-bond acceptors (Lipinski definition) is 4. The lowest BCUT2D eigenvalue weighted by Crippen LogP contribution is -1.92. The van der Waals surface area contributed by atoms with Crippen LogP contribution in [0.25, 0.3) is 0 Å². The minimum atomic E-state index is 0.336. The molecule has 6 heteroatoms. The molecule has 0 spiro atoms. The van der Waals surface area contributed by atoms with Crippen LogP contribution in [-0.2, 0) is 0 Å². The topological polar surface area (TPSA) is 76.9 Å². The molecule has 0 amide bonds. The van der Waals surface area contributed by atoms with E-state index in [2.05, 4.69) is 26.6 Å². The van der Waals surface area contributed by atoms with Crippen LogP contribution in [0.1, 0.15) is 16.7 Å². The van der Waals surface area contributed by atoms with Gasteiger partial charge in [0.2, 0.25) is 0 Å². The first-order valence-electron chi connectivity index (χ1n) is 7.27. The third-order valence-corrected chi connectivity index (χ3v) is 3.60. The van der Waals surface area contributed by atoms with Crippen molar-refractivity contribution in [3.05, 3.63) is 70.2 Å². The van der Waals surface area contributed by atoms with E-state index in [4.69, 9.17) is 11.6 Å². The van der Waals surface area contributed by atoms with Crippen molar-refractivity contribution in [2.75, 3.05) is 5.32 Å². The molecule has 0 fully saturated rings. The number of nitriles is 1. The van der Waals surface area contributed by atoms with Gasteiger partial charge in [0, 0.05) is 16.9 Å². The summed E-state index contributed by atoms with van der Waals surface area (Å²) in [4.78, 5) is 4.30. The van der Waals surface area contributed by atoms with Crippen molar-refractivity contribution in [2.24, 2.45) is 4.99 Å². The highest BCUT2D eigenvalue weighted by Gasteiger charge is 2.12. The largest absolute Gasteiger partial charge is 0.339 e. The zero-order valence-electron chi connectivity index (χ0n) is 12.9. The Morgan fingerprint density at radius 2 is 2.04 bits per heavy atom. The number of nitrogens with one attached hydrogen (secondary N) is 2. The fourth-order valence-electron chi connectivity index (χ4n) is 2.12. The van der Waals surface area contributed by atoms with Gasteiger partial charge < -0.3 is 5.32 Å². The number of H-pyrrole nitrogens is 1. The Bertz CT molecular complexity index is 919. The number of benzene rings is 2. The minimum Gasteiger partial charge on any atom is -0.339 e. The Morgan fingerprint density at radius 3 is 2.75 bits per heavy atom. The molecule has 2 aromatic carbocycles. The lowest BCUT2D eigenvalue weighted by atomic mass is 10.2. The molecular weight excluding hydrogens is 322 g/mol. The summed E-state index contributed by atoms with van der Waals surface area (Å²) in [5.74, 6) is 0.818. The number of aliphatic imine (C=N–C) groups is 1. The molecule has 0 aliphatic rings. The Hall–Kier alpha value is -3.10. The molecule has 0 saturated carbocycles. The predicted molar refractivity (Wildman–Crippen MR) is 96.5 cm³/mol. The molecule has 0 radical (unpaired) electrons. The molecule has 0 bridgehead atoms. The van der Waals surface area contributed by atoms with Gasteiger partial charge in [0.05, 0.1) is 0 Å². The SMILES string of the molecule is Cc1ccc(C=Nc2n[nH]c(Nc3cccc(Cl)c3)c2C#N)cc1. The summed E-state index contributed by atoms with van der Waals surface area (Å²) in [6, 6.07) is 17.3. The zero-order chi connectivity index (χ0) is 16.9. The Kier molecular flexibility index (Phi) is 4.59. The van der Waals surface area contributed by atoms with E-state index in [0.29, 0.717) is 22.2 Å². The number of aryl methyl sites for hydroxylation is 1. The third-order valence-electron chi connectivity index (χ3n) is 3.37. The van der Waals surface area contributed by atoms with Gasteiger partial charge in [0.15, 0.2) is 5.82 Å². The van der Waals surface area contributed by atoms with Crippen LogP contribution in [0.5, 0.6) is 0 Å². The van der Waals surface area contributed by atoms with Crippen LogP contribution >= 0.6 is 11.6 Å². The molecule has 0 saturated heterocycles. The van der Waals surface area contributed by atoms with E-state index in [1.54, 1.807) is 18.3 Å². The number of hydrogen-bond donors (Lipinski definition) is 2. The molecule has 3 rings (SSSR count). The molecule has 24 heavy (non-hydrogen) atoms. The van der Waals surface area contributed by atoms with Gasteiger partial charge >= 0.3 is 0 Å². The van der Waals surface area contributed by atoms with Gasteiger partial charge in [0.1, 0.15) is 17.5 Å². The van der Waals surface area contributed by atoms with Gasteiger partial charge in [-0.05, 0) is 30.7 Å². The third kappa shape index (κ3) is 3.62. The molecule has 0 aliphatic heterocycles. The average molecular weight is 336 g/mol. The van der Waals surface area contributed by atoms with Crippen molar-refractivity contribution in [3.63, 3.8) is 0 Å². The highest BCUT2D eigenvalue weighted by atomic mass is 35.5. The first-order valence-corrected chi connectivity index (χ1v) is 7.65. The average Bonchev–Trinajstić information content (AvgIpc) is 2.96. The van der Waals surface area contributed by atoms with Gasteiger partial charge in [-0.3, -0.25) is 5.10 Å². The quantitative estimate of drug-likeness (QED) is 0.676. The molecule has 0 aliphatic carbocycles. The molecule has 3 aromatic rings. The summed E-state index contributed by atoms with van der Waals surface area (Å²) in [6.07, 6.45) is 1.68. The highest BCUT2D eigenvalue weighted by molar-refractivity contribution is 6.30. The van der Waals surface area contributed by atoms with Crippen molar-refractivity contribution < 1.29 is 0 Å². The molecule has 5 nitrogen and oxygen atoms in total. The predicted octanol–water partition coefficient (Wildman–Crippen LogP) is 4.74. The van der Waals surface area contributed by atoms with Crippen LogP contribution < -0.4 is 5.32 Å². The summed E-state index contributed by atoms with van der Waals surface area (Å²) in [7, 11) is 0. The molecule has 0 unspecified atom stereocenters. The van der Waals surface area contributed by atoms with E-state index >= 15 is 0 Å². The van der Waals surface area contributed by atoms with Crippen molar-refractivity contribution in [1.82, 2.24) is 10.2 Å². The molecular formula is C18H14ClN5. The summed E-state index contributed by atoms with van der Waals surface area (Å²) in [6.45, 7) is 2.02. The van der Waals surface area contributed by atoms with Gasteiger partial charge in [-0.25, -0.2) is 4.99 Å². The van der Waals surface area contributed by atoms with Gasteiger partial charge in [-0.1, -0.05) is 47.5 Å². The van der Waals surface area contributed by atoms with Crippen LogP contribution in [0.15, 0.2) is 53.5 Å². The second-order valence-electron chi connectivity index (χ2n) is 5.21. The Balaban J connectivity index is 1.84. The lowest BCUT2D eigenvalue weighted by molar-refractivity contribution is 1.09. The maximum atomic E-state index is 9.40. The summed E-state index contributed by atoms with van der Waals surface area (Å²) in [5.41, 5.74) is 3.23. The monoisotopic (exact) mass is 335 g/mol. The van der Waals surface area contributed by atoms with E-state index in [0.717, 1.165) is 11.3 Å². The molecule has 0 atom stereocenters. The fraction of sp³-hybridized carbons (Fsp3) is 0.0556. The Morgan fingerprint density at radius 1 is 1.25 bits per heavy atom. The van der Waals surface area contributed by atoms with Gasteiger partial charge in [0.25, 0.3) is 0 Å². The molecule has 2 N–H and O–H groups in total. The van der Waals surface area contributed by atoms with Crippen molar-refractivity contribution in [1.29, 1.82) is 5.26 Å². The minimum absolute atomic E-state index is 0.336.